The molecule has 0 radical (unpaired) electrons. The highest BCUT2D eigenvalue weighted by Gasteiger charge is 2.25. The van der Waals surface area contributed by atoms with Crippen molar-refractivity contribution in [1.82, 2.24) is 0 Å². The highest BCUT2D eigenvalue weighted by atomic mass is 19.1. The highest BCUT2D eigenvalue weighted by Crippen LogP contribution is 2.19. The van der Waals surface area contributed by atoms with Gasteiger partial charge in [-0.05, 0) is 6.42 Å². The molecule has 1 saturated heterocycles. The maximum absolute atomic E-state index is 12.9. The van der Waals surface area contributed by atoms with E-state index < -0.39 is 19.0 Å². The summed E-state index contributed by atoms with van der Waals surface area (Å²) >= 11 is 0. The standard InChI is InChI=1S/C9H12F2O3/c1-6(5-10)9(12)14-8(11)4-7-2-3-13-7/h7-8H,1-5H2. The van der Waals surface area contributed by atoms with Crippen molar-refractivity contribution in [3.8, 4) is 0 Å². The number of carbonyl (C=O) groups is 1. The first-order valence-electron chi connectivity index (χ1n) is 4.34. The third kappa shape index (κ3) is 3.06. The monoisotopic (exact) mass is 206 g/mol. The normalized spacial score (nSPS) is 22.3. The van der Waals surface area contributed by atoms with E-state index in [1.165, 1.54) is 0 Å². The lowest BCUT2D eigenvalue weighted by atomic mass is 10.1. The molecule has 0 bridgehead atoms. The van der Waals surface area contributed by atoms with Gasteiger partial charge in [-0.25, -0.2) is 13.6 Å². The topological polar surface area (TPSA) is 35.5 Å². The first-order chi connectivity index (χ1) is 6.63. The number of rotatable bonds is 5. The van der Waals surface area contributed by atoms with Crippen molar-refractivity contribution < 1.29 is 23.0 Å². The number of halogens is 2. The Bertz CT molecular complexity index is 226. The maximum atomic E-state index is 12.9. The maximum Gasteiger partial charge on any atom is 0.338 e. The zero-order valence-electron chi connectivity index (χ0n) is 7.67. The van der Waals surface area contributed by atoms with Crippen LogP contribution in [0.15, 0.2) is 12.2 Å². The zero-order valence-corrected chi connectivity index (χ0v) is 7.67. The lowest BCUT2D eigenvalue weighted by Gasteiger charge is -2.27. The number of hydrogen-bond donors (Lipinski definition) is 0. The Morgan fingerprint density at radius 1 is 1.71 bits per heavy atom. The van der Waals surface area contributed by atoms with Crippen LogP contribution in [0.25, 0.3) is 0 Å². The Balaban J connectivity index is 2.21. The molecular formula is C9H12F2O3. The second-order valence-corrected chi connectivity index (χ2v) is 3.07. The second kappa shape index (κ2) is 5.05. The molecular weight excluding hydrogens is 194 g/mol. The van der Waals surface area contributed by atoms with E-state index >= 15 is 0 Å². The van der Waals surface area contributed by atoms with Crippen molar-refractivity contribution in [3.05, 3.63) is 12.2 Å². The van der Waals surface area contributed by atoms with Crippen molar-refractivity contribution in [2.24, 2.45) is 0 Å². The van der Waals surface area contributed by atoms with E-state index in [0.717, 1.165) is 6.42 Å². The van der Waals surface area contributed by atoms with Gasteiger partial charge in [0.2, 0.25) is 6.36 Å². The van der Waals surface area contributed by atoms with E-state index in [2.05, 4.69) is 11.3 Å². The molecule has 1 aliphatic rings. The number of esters is 1. The van der Waals surface area contributed by atoms with E-state index in [0.29, 0.717) is 6.61 Å². The molecule has 0 aromatic rings. The Morgan fingerprint density at radius 2 is 2.36 bits per heavy atom. The van der Waals surface area contributed by atoms with E-state index in [-0.39, 0.29) is 18.1 Å². The average Bonchev–Trinajstić information content (AvgIpc) is 2.10. The van der Waals surface area contributed by atoms with Crippen molar-refractivity contribution in [2.75, 3.05) is 13.3 Å². The molecule has 0 aromatic heterocycles. The smallest absolute Gasteiger partial charge is 0.338 e. The predicted octanol–water partition coefficient (Wildman–Crippen LogP) is 1.53. The summed E-state index contributed by atoms with van der Waals surface area (Å²) in [5, 5.41) is 0. The van der Waals surface area contributed by atoms with Gasteiger partial charge < -0.3 is 9.47 Å². The SMILES string of the molecule is C=C(CF)C(=O)OC(F)CC1CCO1. The Morgan fingerprint density at radius 3 is 2.79 bits per heavy atom. The molecule has 0 saturated carbocycles. The summed E-state index contributed by atoms with van der Waals surface area (Å²) in [5.74, 6) is -1.03. The largest absolute Gasteiger partial charge is 0.428 e. The molecule has 0 aromatic carbocycles. The van der Waals surface area contributed by atoms with Gasteiger partial charge in [0, 0.05) is 13.0 Å². The van der Waals surface area contributed by atoms with Crippen molar-refractivity contribution in [1.29, 1.82) is 0 Å². The van der Waals surface area contributed by atoms with Gasteiger partial charge in [-0.15, -0.1) is 0 Å². The summed E-state index contributed by atoms with van der Waals surface area (Å²) in [6.45, 7) is 2.68. The molecule has 2 unspecified atom stereocenters. The predicted molar refractivity (Wildman–Crippen MR) is 45.1 cm³/mol. The molecule has 3 nitrogen and oxygen atoms in total. The molecule has 1 rings (SSSR count). The van der Waals surface area contributed by atoms with Crippen LogP contribution in [0.1, 0.15) is 12.8 Å². The van der Waals surface area contributed by atoms with Gasteiger partial charge in [-0.2, -0.15) is 0 Å². The van der Waals surface area contributed by atoms with Crippen molar-refractivity contribution in [3.63, 3.8) is 0 Å². The minimum atomic E-state index is -1.74. The summed E-state index contributed by atoms with van der Waals surface area (Å²) < 4.78 is 34.0. The fourth-order valence-electron chi connectivity index (χ4n) is 0.979. The van der Waals surface area contributed by atoms with E-state index in [1.807, 2.05) is 0 Å². The molecule has 1 fully saturated rings. The fraction of sp³-hybridized carbons (Fsp3) is 0.667. The van der Waals surface area contributed by atoms with Crippen molar-refractivity contribution >= 4 is 5.97 Å². The number of ether oxygens (including phenoxy) is 2. The minimum Gasteiger partial charge on any atom is -0.428 e. The molecule has 14 heavy (non-hydrogen) atoms. The van der Waals surface area contributed by atoms with Gasteiger partial charge in [0.15, 0.2) is 0 Å². The van der Waals surface area contributed by atoms with Crippen LogP contribution in [-0.4, -0.2) is 31.7 Å². The second-order valence-electron chi connectivity index (χ2n) is 3.07. The first kappa shape index (κ1) is 11.1. The Labute approximate surface area is 80.7 Å². The summed E-state index contributed by atoms with van der Waals surface area (Å²) in [7, 11) is 0. The number of hydrogen-bond acceptors (Lipinski definition) is 3. The Kier molecular flexibility index (Phi) is 4.00. The summed E-state index contributed by atoms with van der Waals surface area (Å²) in [5.41, 5.74) is -0.373. The first-order valence-corrected chi connectivity index (χ1v) is 4.34. The summed E-state index contributed by atoms with van der Waals surface area (Å²) in [6.07, 6.45) is -1.15. The van der Waals surface area contributed by atoms with Crippen LogP contribution in [0.3, 0.4) is 0 Å². The lowest BCUT2D eigenvalue weighted by Crippen LogP contribution is -2.31. The van der Waals surface area contributed by atoms with Crippen LogP contribution in [0.4, 0.5) is 8.78 Å². The van der Waals surface area contributed by atoms with E-state index in [9.17, 15) is 13.6 Å². The minimum absolute atomic E-state index is 0.00526. The van der Waals surface area contributed by atoms with Gasteiger partial charge >= 0.3 is 5.97 Å². The van der Waals surface area contributed by atoms with Crippen LogP contribution in [-0.2, 0) is 14.3 Å². The molecule has 0 amide bonds. The summed E-state index contributed by atoms with van der Waals surface area (Å²) in [6, 6.07) is 0. The van der Waals surface area contributed by atoms with Gasteiger partial charge in [0.1, 0.15) is 6.67 Å². The highest BCUT2D eigenvalue weighted by molar-refractivity contribution is 5.87. The van der Waals surface area contributed by atoms with Crippen LogP contribution < -0.4 is 0 Å². The van der Waals surface area contributed by atoms with Gasteiger partial charge in [0.25, 0.3) is 0 Å². The zero-order chi connectivity index (χ0) is 10.6. The summed E-state index contributed by atoms with van der Waals surface area (Å²) in [4.78, 5) is 10.8. The molecule has 1 aliphatic heterocycles. The third-order valence-electron chi connectivity index (χ3n) is 1.93. The molecule has 80 valence electrons. The molecule has 0 aliphatic carbocycles. The van der Waals surface area contributed by atoms with Gasteiger partial charge in [-0.3, -0.25) is 0 Å². The van der Waals surface area contributed by atoms with Gasteiger partial charge in [-0.1, -0.05) is 6.58 Å². The quantitative estimate of drug-likeness (QED) is 0.505. The fourth-order valence-corrected chi connectivity index (χ4v) is 0.979. The molecule has 0 spiro atoms. The lowest BCUT2D eigenvalue weighted by molar-refractivity contribution is -0.161. The molecule has 0 N–H and O–H groups in total. The Hall–Kier alpha value is -0.970. The average molecular weight is 206 g/mol. The molecule has 5 heteroatoms. The van der Waals surface area contributed by atoms with Crippen LogP contribution in [0.2, 0.25) is 0 Å². The third-order valence-corrected chi connectivity index (χ3v) is 1.93. The van der Waals surface area contributed by atoms with Crippen molar-refractivity contribution in [2.45, 2.75) is 25.3 Å². The van der Waals surface area contributed by atoms with E-state index in [4.69, 9.17) is 4.74 Å². The molecule has 2 atom stereocenters. The molecule has 1 heterocycles. The number of alkyl halides is 2. The van der Waals surface area contributed by atoms with Crippen LogP contribution in [0, 0.1) is 0 Å². The van der Waals surface area contributed by atoms with Gasteiger partial charge in [0.05, 0.1) is 11.7 Å². The van der Waals surface area contributed by atoms with E-state index in [1.54, 1.807) is 0 Å². The number of carbonyl (C=O) groups excluding carboxylic acids is 1. The van der Waals surface area contributed by atoms with Crippen LogP contribution >= 0.6 is 0 Å². The van der Waals surface area contributed by atoms with Crippen LogP contribution in [0.5, 0.6) is 0 Å².